The third kappa shape index (κ3) is 2.54. The smallest absolute Gasteiger partial charge is 0.148 e. The number of anilines is 1. The van der Waals surface area contributed by atoms with Crippen molar-refractivity contribution in [2.24, 2.45) is 0 Å². The Labute approximate surface area is 120 Å². The molecule has 19 heavy (non-hydrogen) atoms. The van der Waals surface area contributed by atoms with Crippen LogP contribution in [-0.2, 0) is 11.2 Å². The fourth-order valence-corrected chi connectivity index (χ4v) is 2.62. The lowest BCUT2D eigenvalue weighted by Gasteiger charge is -2.08. The van der Waals surface area contributed by atoms with Crippen molar-refractivity contribution in [3.05, 3.63) is 58.3 Å². The molecule has 1 aliphatic rings. The van der Waals surface area contributed by atoms with Gasteiger partial charge in [-0.2, -0.15) is 0 Å². The minimum Gasteiger partial charge on any atom is -0.384 e. The van der Waals surface area contributed by atoms with E-state index in [1.54, 1.807) is 6.20 Å². The molecule has 2 heterocycles. The van der Waals surface area contributed by atoms with Crippen LogP contribution in [0.2, 0.25) is 0 Å². The fraction of sp³-hybridized carbons (Fsp3) is 0.200. The van der Waals surface area contributed by atoms with Crippen LogP contribution < -0.4 is 5.32 Å². The number of nitrogens with one attached hydrogen (secondary N) is 1. The van der Waals surface area contributed by atoms with Crippen LogP contribution >= 0.6 is 15.9 Å². The third-order valence-corrected chi connectivity index (χ3v) is 3.83. The zero-order valence-electron chi connectivity index (χ0n) is 10.3. The van der Waals surface area contributed by atoms with Gasteiger partial charge in [-0.3, -0.25) is 9.78 Å². The molecule has 4 heteroatoms. The zero-order valence-corrected chi connectivity index (χ0v) is 11.9. The Kier molecular flexibility index (Phi) is 3.34. The number of hydrogen-bond donors (Lipinski definition) is 1. The lowest BCUT2D eigenvalue weighted by Crippen LogP contribution is -2.17. The van der Waals surface area contributed by atoms with Crippen molar-refractivity contribution in [2.75, 3.05) is 11.9 Å². The number of benzene rings is 1. The molecule has 0 fully saturated rings. The van der Waals surface area contributed by atoms with Crippen LogP contribution in [0, 0.1) is 0 Å². The monoisotopic (exact) mass is 316 g/mol. The Morgan fingerprint density at radius 1 is 1.32 bits per heavy atom. The first-order valence-electron chi connectivity index (χ1n) is 6.20. The minimum absolute atomic E-state index is 0.0540. The molecule has 1 atom stereocenters. The lowest BCUT2D eigenvalue weighted by molar-refractivity contribution is -0.119. The van der Waals surface area contributed by atoms with Crippen molar-refractivity contribution < 1.29 is 4.79 Å². The summed E-state index contributed by atoms with van der Waals surface area (Å²) in [6.45, 7) is 0.689. The number of carbonyl (C=O) groups is 1. The molecule has 1 aliphatic heterocycles. The van der Waals surface area contributed by atoms with E-state index in [0.29, 0.717) is 13.0 Å². The van der Waals surface area contributed by atoms with E-state index in [0.717, 1.165) is 21.4 Å². The molecule has 2 aromatic rings. The summed E-state index contributed by atoms with van der Waals surface area (Å²) in [5.41, 5.74) is 2.99. The van der Waals surface area contributed by atoms with Crippen molar-refractivity contribution in [3.63, 3.8) is 0 Å². The van der Waals surface area contributed by atoms with Crippen LogP contribution in [0.3, 0.4) is 0 Å². The highest BCUT2D eigenvalue weighted by molar-refractivity contribution is 9.10. The molecule has 0 spiro atoms. The number of Topliss-reactive ketones (excluding diaryl/α,β-unsaturated/α-hetero) is 1. The summed E-state index contributed by atoms with van der Waals surface area (Å²) < 4.78 is 0.927. The molecule has 0 radical (unpaired) electrons. The van der Waals surface area contributed by atoms with Gasteiger partial charge in [0.1, 0.15) is 5.78 Å². The van der Waals surface area contributed by atoms with Crippen LogP contribution in [0.1, 0.15) is 17.2 Å². The van der Waals surface area contributed by atoms with Crippen LogP contribution in [0.4, 0.5) is 5.69 Å². The van der Waals surface area contributed by atoms with Gasteiger partial charge in [-0.25, -0.2) is 0 Å². The van der Waals surface area contributed by atoms with Crippen LogP contribution in [-0.4, -0.2) is 17.3 Å². The van der Waals surface area contributed by atoms with Crippen molar-refractivity contribution in [1.82, 2.24) is 4.98 Å². The number of pyridine rings is 1. The SMILES string of the molecule is O=C(Cc1ccc(Br)cn1)C1CNc2ccccc21. The predicted molar refractivity (Wildman–Crippen MR) is 78.3 cm³/mol. The number of halogens is 1. The summed E-state index contributed by atoms with van der Waals surface area (Å²) in [6, 6.07) is 11.8. The van der Waals surface area contributed by atoms with E-state index in [9.17, 15) is 4.79 Å². The maximum atomic E-state index is 12.4. The molecule has 0 aliphatic carbocycles. The van der Waals surface area contributed by atoms with E-state index in [2.05, 4.69) is 26.2 Å². The molecule has 0 saturated carbocycles. The average molecular weight is 317 g/mol. The summed E-state index contributed by atoms with van der Waals surface area (Å²) >= 11 is 3.34. The van der Waals surface area contributed by atoms with E-state index in [4.69, 9.17) is 0 Å². The van der Waals surface area contributed by atoms with Gasteiger partial charge < -0.3 is 5.32 Å². The topological polar surface area (TPSA) is 42.0 Å². The molecular weight excluding hydrogens is 304 g/mol. The minimum atomic E-state index is -0.0540. The number of hydrogen-bond acceptors (Lipinski definition) is 3. The van der Waals surface area contributed by atoms with Crippen LogP contribution in [0.25, 0.3) is 0 Å². The first kappa shape index (κ1) is 12.4. The first-order valence-corrected chi connectivity index (χ1v) is 6.99. The van der Waals surface area contributed by atoms with Gasteiger partial charge in [-0.05, 0) is 39.7 Å². The molecule has 3 nitrogen and oxygen atoms in total. The number of nitrogens with zero attached hydrogens (tertiary/aromatic N) is 1. The van der Waals surface area contributed by atoms with Gasteiger partial charge in [0, 0.05) is 35.0 Å². The lowest BCUT2D eigenvalue weighted by atomic mass is 9.94. The van der Waals surface area contributed by atoms with Gasteiger partial charge in [-0.15, -0.1) is 0 Å². The quantitative estimate of drug-likeness (QED) is 0.945. The average Bonchev–Trinajstić information content (AvgIpc) is 2.85. The van der Waals surface area contributed by atoms with Crippen molar-refractivity contribution >= 4 is 27.4 Å². The third-order valence-electron chi connectivity index (χ3n) is 3.37. The summed E-state index contributed by atoms with van der Waals surface area (Å²) in [6.07, 6.45) is 2.11. The Balaban J connectivity index is 1.77. The second kappa shape index (κ2) is 5.13. The standard InChI is InChI=1S/C15H13BrN2O/c16-10-5-6-11(17-8-10)7-15(19)13-9-18-14-4-2-1-3-12(13)14/h1-6,8,13,18H,7,9H2. The van der Waals surface area contributed by atoms with Gasteiger partial charge in [0.15, 0.2) is 0 Å². The molecule has 0 saturated heterocycles. The van der Waals surface area contributed by atoms with Gasteiger partial charge in [0.2, 0.25) is 0 Å². The highest BCUT2D eigenvalue weighted by Crippen LogP contribution is 2.32. The molecule has 96 valence electrons. The maximum absolute atomic E-state index is 12.4. The Bertz CT molecular complexity index is 610. The zero-order chi connectivity index (χ0) is 13.2. The fourth-order valence-electron chi connectivity index (χ4n) is 2.38. The second-order valence-corrected chi connectivity index (χ2v) is 5.55. The van der Waals surface area contributed by atoms with Gasteiger partial charge in [-0.1, -0.05) is 18.2 Å². The van der Waals surface area contributed by atoms with Crippen LogP contribution in [0.5, 0.6) is 0 Å². The number of ketones is 1. The second-order valence-electron chi connectivity index (χ2n) is 4.63. The molecule has 1 N–H and O–H groups in total. The summed E-state index contributed by atoms with van der Waals surface area (Å²) in [5.74, 6) is 0.161. The van der Waals surface area contributed by atoms with Crippen molar-refractivity contribution in [2.45, 2.75) is 12.3 Å². The number of fused-ring (bicyclic) bond motifs is 1. The van der Waals surface area contributed by atoms with E-state index in [1.165, 1.54) is 0 Å². The van der Waals surface area contributed by atoms with Crippen molar-refractivity contribution in [3.8, 4) is 0 Å². The Morgan fingerprint density at radius 3 is 2.95 bits per heavy atom. The number of carbonyl (C=O) groups excluding carboxylic acids is 1. The molecule has 1 aromatic heterocycles. The molecule has 0 bridgehead atoms. The molecule has 3 rings (SSSR count). The Hall–Kier alpha value is -1.68. The van der Waals surface area contributed by atoms with Crippen molar-refractivity contribution in [1.29, 1.82) is 0 Å². The largest absolute Gasteiger partial charge is 0.384 e. The van der Waals surface area contributed by atoms with E-state index in [1.807, 2.05) is 36.4 Å². The van der Waals surface area contributed by atoms with Crippen LogP contribution in [0.15, 0.2) is 47.1 Å². The van der Waals surface area contributed by atoms with E-state index in [-0.39, 0.29) is 11.7 Å². The number of para-hydroxylation sites is 1. The summed E-state index contributed by atoms with van der Waals surface area (Å²) in [7, 11) is 0. The first-order chi connectivity index (χ1) is 9.24. The maximum Gasteiger partial charge on any atom is 0.148 e. The number of rotatable bonds is 3. The molecule has 0 amide bonds. The van der Waals surface area contributed by atoms with Gasteiger partial charge in [0.05, 0.1) is 5.92 Å². The van der Waals surface area contributed by atoms with E-state index < -0.39 is 0 Å². The highest BCUT2D eigenvalue weighted by Gasteiger charge is 2.27. The normalized spacial score (nSPS) is 16.8. The molecule has 1 unspecified atom stereocenters. The number of aromatic nitrogens is 1. The summed E-state index contributed by atoms with van der Waals surface area (Å²) in [4.78, 5) is 16.6. The van der Waals surface area contributed by atoms with Gasteiger partial charge in [0.25, 0.3) is 0 Å². The highest BCUT2D eigenvalue weighted by atomic mass is 79.9. The molecular formula is C15H13BrN2O. The van der Waals surface area contributed by atoms with E-state index >= 15 is 0 Å². The Morgan fingerprint density at radius 2 is 2.16 bits per heavy atom. The van der Waals surface area contributed by atoms with Gasteiger partial charge >= 0.3 is 0 Å². The molecule has 1 aromatic carbocycles. The predicted octanol–water partition coefficient (Wildman–Crippen LogP) is 3.17. The summed E-state index contributed by atoms with van der Waals surface area (Å²) in [5, 5.41) is 3.28.